The molecule has 1 aliphatic rings. The van der Waals surface area contributed by atoms with E-state index in [1.165, 1.54) is 33.6 Å². The van der Waals surface area contributed by atoms with Gasteiger partial charge in [-0.1, -0.05) is 88.8 Å². The van der Waals surface area contributed by atoms with Crippen LogP contribution in [0.2, 0.25) is 0 Å². The number of aliphatic hydroxyl groups is 1. The van der Waals surface area contributed by atoms with Crippen molar-refractivity contribution in [3.05, 3.63) is 136 Å². The Morgan fingerprint density at radius 1 is 0.932 bits per heavy atom. The van der Waals surface area contributed by atoms with Crippen molar-refractivity contribution in [1.29, 1.82) is 0 Å². The molecular weight excluding hydrogens is 593 g/mol. The second kappa shape index (κ2) is 12.8. The minimum Gasteiger partial charge on any atom is -0.507 e. The Balaban J connectivity index is 1.27. The van der Waals surface area contributed by atoms with Crippen LogP contribution in [-0.4, -0.2) is 32.0 Å². The molecule has 1 unspecified atom stereocenters. The van der Waals surface area contributed by atoms with Gasteiger partial charge in [-0.3, -0.25) is 19.5 Å². The maximum atomic E-state index is 13.5. The number of pyridine rings is 1. The van der Waals surface area contributed by atoms with Gasteiger partial charge in [-0.15, -0.1) is 10.2 Å². The van der Waals surface area contributed by atoms with Crippen molar-refractivity contribution < 1.29 is 19.4 Å². The molecule has 44 heavy (non-hydrogen) atoms. The molecule has 6 rings (SSSR count). The second-order valence-corrected chi connectivity index (χ2v) is 12.6. The summed E-state index contributed by atoms with van der Waals surface area (Å²) >= 11 is 2.73. The van der Waals surface area contributed by atoms with Gasteiger partial charge in [-0.2, -0.15) is 0 Å². The first-order valence-electron chi connectivity index (χ1n) is 13.9. The molecule has 220 valence electrons. The van der Waals surface area contributed by atoms with Crippen LogP contribution in [0.25, 0.3) is 5.76 Å². The third-order valence-electron chi connectivity index (χ3n) is 7.15. The second-order valence-electron chi connectivity index (χ2n) is 10.4. The number of hydrogen-bond acceptors (Lipinski definition) is 9. The Kier molecular flexibility index (Phi) is 8.53. The Morgan fingerprint density at radius 2 is 1.73 bits per heavy atom. The Morgan fingerprint density at radius 3 is 2.45 bits per heavy atom. The number of benzene rings is 3. The van der Waals surface area contributed by atoms with E-state index in [-0.39, 0.29) is 16.5 Å². The predicted octanol–water partition coefficient (Wildman–Crippen LogP) is 7.05. The molecule has 5 aromatic rings. The van der Waals surface area contributed by atoms with Crippen LogP contribution in [0.15, 0.2) is 107 Å². The molecule has 0 saturated carbocycles. The van der Waals surface area contributed by atoms with E-state index in [1.807, 2.05) is 32.0 Å². The zero-order chi connectivity index (χ0) is 30.6. The lowest BCUT2D eigenvalue weighted by atomic mass is 9.96. The maximum Gasteiger partial charge on any atom is 0.301 e. The summed E-state index contributed by atoms with van der Waals surface area (Å²) in [5.74, 6) is -0.588. The SMILES string of the molecule is Cc1ccc(CSc2nnc(N3C(=O)C(=O)/C(=C(/O)c4ccc(OCc5cccc(C)c5)cc4)C3c3cccnc3)s2)cc1. The van der Waals surface area contributed by atoms with E-state index in [0.29, 0.717) is 33.6 Å². The normalized spacial score (nSPS) is 16.0. The maximum absolute atomic E-state index is 13.5. The monoisotopic (exact) mass is 620 g/mol. The Bertz CT molecular complexity index is 1840. The zero-order valence-electron chi connectivity index (χ0n) is 24.0. The molecule has 0 aliphatic carbocycles. The lowest BCUT2D eigenvalue weighted by Crippen LogP contribution is -2.29. The number of aryl methyl sites for hydroxylation is 2. The largest absolute Gasteiger partial charge is 0.507 e. The number of carbonyl (C=O) groups is 2. The fourth-order valence-electron chi connectivity index (χ4n) is 4.90. The molecule has 8 nitrogen and oxygen atoms in total. The Labute approximate surface area is 263 Å². The quantitative estimate of drug-likeness (QED) is 0.0615. The summed E-state index contributed by atoms with van der Waals surface area (Å²) in [5, 5.41) is 20.3. The number of anilines is 1. The highest BCUT2D eigenvalue weighted by Gasteiger charge is 2.48. The molecule has 0 radical (unpaired) electrons. The van der Waals surface area contributed by atoms with E-state index in [2.05, 4.69) is 45.5 Å². The van der Waals surface area contributed by atoms with Crippen molar-refractivity contribution in [1.82, 2.24) is 15.2 Å². The number of thioether (sulfide) groups is 1. The van der Waals surface area contributed by atoms with Crippen LogP contribution >= 0.6 is 23.1 Å². The molecule has 1 atom stereocenters. The van der Waals surface area contributed by atoms with E-state index < -0.39 is 17.7 Å². The topological polar surface area (TPSA) is 106 Å². The first kappa shape index (κ1) is 29.3. The first-order valence-corrected chi connectivity index (χ1v) is 15.7. The van der Waals surface area contributed by atoms with Gasteiger partial charge in [0.15, 0.2) is 4.34 Å². The van der Waals surface area contributed by atoms with Crippen molar-refractivity contribution in [2.45, 2.75) is 36.6 Å². The van der Waals surface area contributed by atoms with E-state index in [9.17, 15) is 14.7 Å². The summed E-state index contributed by atoms with van der Waals surface area (Å²) in [6.45, 7) is 4.46. The molecule has 0 spiro atoms. The average Bonchev–Trinajstić information content (AvgIpc) is 3.62. The van der Waals surface area contributed by atoms with Gasteiger partial charge in [0, 0.05) is 23.7 Å². The fourth-order valence-corrected chi connectivity index (χ4v) is 6.73. The zero-order valence-corrected chi connectivity index (χ0v) is 25.6. The smallest absolute Gasteiger partial charge is 0.301 e. The lowest BCUT2D eigenvalue weighted by Gasteiger charge is -2.22. The summed E-state index contributed by atoms with van der Waals surface area (Å²) < 4.78 is 6.58. The number of ether oxygens (including phenoxy) is 1. The van der Waals surface area contributed by atoms with E-state index in [1.54, 1.807) is 48.8 Å². The third-order valence-corrected chi connectivity index (χ3v) is 9.27. The van der Waals surface area contributed by atoms with Gasteiger partial charge in [0.05, 0.1) is 11.6 Å². The molecule has 2 aromatic heterocycles. The summed E-state index contributed by atoms with van der Waals surface area (Å²) in [4.78, 5) is 32.5. The van der Waals surface area contributed by atoms with Crippen LogP contribution in [0, 0.1) is 13.8 Å². The summed E-state index contributed by atoms with van der Waals surface area (Å²) in [6, 6.07) is 25.6. The summed E-state index contributed by atoms with van der Waals surface area (Å²) in [5.41, 5.74) is 5.42. The predicted molar refractivity (Wildman–Crippen MR) is 172 cm³/mol. The Hall–Kier alpha value is -4.80. The average molecular weight is 621 g/mol. The molecular formula is C34H28N4O4S2. The molecule has 1 aliphatic heterocycles. The minimum atomic E-state index is -0.927. The van der Waals surface area contributed by atoms with Crippen molar-refractivity contribution in [2.75, 3.05) is 4.90 Å². The molecule has 1 saturated heterocycles. The number of rotatable bonds is 9. The first-order chi connectivity index (χ1) is 21.4. The van der Waals surface area contributed by atoms with E-state index in [0.717, 1.165) is 16.7 Å². The number of nitrogens with zero attached hydrogens (tertiary/aromatic N) is 4. The molecule has 1 fully saturated rings. The van der Waals surface area contributed by atoms with Gasteiger partial charge in [0.25, 0.3) is 5.78 Å². The van der Waals surface area contributed by atoms with Gasteiger partial charge < -0.3 is 9.84 Å². The summed E-state index contributed by atoms with van der Waals surface area (Å²) in [6.07, 6.45) is 3.18. The van der Waals surface area contributed by atoms with Crippen LogP contribution in [0.1, 0.15) is 39.4 Å². The van der Waals surface area contributed by atoms with Crippen molar-refractivity contribution in [3.8, 4) is 5.75 Å². The van der Waals surface area contributed by atoms with Gasteiger partial charge >= 0.3 is 5.91 Å². The fraction of sp³-hybridized carbons (Fsp3) is 0.147. The highest BCUT2D eigenvalue weighted by atomic mass is 32.2. The van der Waals surface area contributed by atoms with Crippen molar-refractivity contribution in [3.63, 3.8) is 0 Å². The van der Waals surface area contributed by atoms with Gasteiger partial charge in [0.1, 0.15) is 18.1 Å². The number of carbonyl (C=O) groups excluding carboxylic acids is 2. The lowest BCUT2D eigenvalue weighted by molar-refractivity contribution is -0.132. The summed E-state index contributed by atoms with van der Waals surface area (Å²) in [7, 11) is 0. The number of hydrogen-bond donors (Lipinski definition) is 1. The van der Waals surface area contributed by atoms with Crippen LogP contribution < -0.4 is 9.64 Å². The highest BCUT2D eigenvalue weighted by Crippen LogP contribution is 2.44. The van der Waals surface area contributed by atoms with Gasteiger partial charge in [0.2, 0.25) is 5.13 Å². The standard InChI is InChI=1S/C34H28N4O4S2/c1-21-8-10-23(11-9-21)20-43-34-37-36-33(44-34)38-29(26-7-4-16-35-18-26)28(31(40)32(38)41)30(39)25-12-14-27(15-13-25)42-19-24-6-3-5-22(2)17-24/h3-18,29,39H,19-20H2,1-2H3/b30-28+. The number of ketones is 1. The molecule has 1 N–H and O–H groups in total. The molecule has 0 bridgehead atoms. The highest BCUT2D eigenvalue weighted by molar-refractivity contribution is 8.00. The van der Waals surface area contributed by atoms with Crippen LogP contribution in [0.3, 0.4) is 0 Å². The number of aromatic nitrogens is 3. The van der Waals surface area contributed by atoms with Crippen molar-refractivity contribution in [2.24, 2.45) is 0 Å². The number of Topliss-reactive ketones (excluding diaryl/α,β-unsaturated/α-hetero) is 1. The minimum absolute atomic E-state index is 0.0412. The van der Waals surface area contributed by atoms with Gasteiger partial charge in [-0.25, -0.2) is 0 Å². The molecule has 3 aromatic carbocycles. The van der Waals surface area contributed by atoms with E-state index in [4.69, 9.17) is 4.74 Å². The van der Waals surface area contributed by atoms with Gasteiger partial charge in [-0.05, 0) is 60.9 Å². The molecule has 1 amide bonds. The van der Waals surface area contributed by atoms with Crippen molar-refractivity contribution >= 4 is 45.7 Å². The van der Waals surface area contributed by atoms with Crippen LogP contribution in [0.4, 0.5) is 5.13 Å². The van der Waals surface area contributed by atoms with Crippen LogP contribution in [-0.2, 0) is 21.9 Å². The van der Waals surface area contributed by atoms with E-state index >= 15 is 0 Å². The number of amides is 1. The molecule has 3 heterocycles. The third kappa shape index (κ3) is 6.27. The van der Waals surface area contributed by atoms with Crippen LogP contribution in [0.5, 0.6) is 5.75 Å². The number of aliphatic hydroxyl groups excluding tert-OH is 1. The molecule has 10 heteroatoms.